The molecule has 8 nitrogen and oxygen atoms in total. The van der Waals surface area contributed by atoms with Gasteiger partial charge in [0, 0.05) is 30.8 Å². The fraction of sp³-hybridized carbons (Fsp3) is 0.346. The van der Waals surface area contributed by atoms with E-state index >= 15 is 0 Å². The number of aryl methyl sites for hydroxylation is 2. The van der Waals surface area contributed by atoms with E-state index in [4.69, 9.17) is 19.4 Å². The number of likely N-dealkylation sites (tertiary alicyclic amines) is 1. The number of halogens is 4. The maximum atomic E-state index is 13.4. The first-order valence-electron chi connectivity index (χ1n) is 11.6. The van der Waals surface area contributed by atoms with E-state index in [-0.39, 0.29) is 17.6 Å². The SMILES string of the molecule is CCc1cc(F)ccc1OCC1CN(C(=O)c2ccc(-n3cnc(C)c3)c(OC)c2)C1.O=C(O)C(F)(F)F. The average Bonchev–Trinajstić information content (AvgIpc) is 3.28. The van der Waals surface area contributed by atoms with Crippen molar-refractivity contribution < 1.29 is 41.7 Å². The number of hydrogen-bond donors (Lipinski definition) is 1. The molecule has 1 fully saturated rings. The van der Waals surface area contributed by atoms with Crippen LogP contribution >= 0.6 is 0 Å². The highest BCUT2D eigenvalue weighted by molar-refractivity contribution is 5.95. The summed E-state index contributed by atoms with van der Waals surface area (Å²) in [6.45, 7) is 5.66. The molecule has 1 aliphatic heterocycles. The maximum absolute atomic E-state index is 13.4. The second kappa shape index (κ2) is 12.0. The second-order valence-corrected chi connectivity index (χ2v) is 8.60. The molecular weight excluding hydrogens is 510 g/mol. The van der Waals surface area contributed by atoms with Crippen molar-refractivity contribution in [1.29, 1.82) is 0 Å². The number of carboxylic acid groups (broad SMARTS) is 1. The molecule has 1 aromatic heterocycles. The van der Waals surface area contributed by atoms with Crippen LogP contribution in [0.1, 0.15) is 28.5 Å². The van der Waals surface area contributed by atoms with Crippen LogP contribution in [0.5, 0.6) is 11.5 Å². The fourth-order valence-electron chi connectivity index (χ4n) is 3.77. The summed E-state index contributed by atoms with van der Waals surface area (Å²) in [5, 5.41) is 7.12. The molecule has 3 aromatic rings. The number of ether oxygens (including phenoxy) is 2. The normalized spacial score (nSPS) is 13.3. The third-order valence-corrected chi connectivity index (χ3v) is 5.78. The summed E-state index contributed by atoms with van der Waals surface area (Å²) in [4.78, 5) is 27.8. The molecule has 0 unspecified atom stereocenters. The number of benzene rings is 2. The van der Waals surface area contributed by atoms with Crippen LogP contribution in [0.2, 0.25) is 0 Å². The van der Waals surface area contributed by atoms with Crippen LogP contribution in [0.25, 0.3) is 5.69 Å². The summed E-state index contributed by atoms with van der Waals surface area (Å²) in [5.41, 5.74) is 3.18. The largest absolute Gasteiger partial charge is 0.495 e. The molecule has 0 bridgehead atoms. The Balaban J connectivity index is 0.000000505. The molecule has 204 valence electrons. The molecule has 0 atom stereocenters. The van der Waals surface area contributed by atoms with Crippen molar-refractivity contribution in [3.8, 4) is 17.2 Å². The van der Waals surface area contributed by atoms with Gasteiger partial charge in [-0.15, -0.1) is 0 Å². The number of alkyl halides is 3. The molecule has 38 heavy (non-hydrogen) atoms. The van der Waals surface area contributed by atoms with E-state index < -0.39 is 12.1 Å². The number of aromatic nitrogens is 2. The summed E-state index contributed by atoms with van der Waals surface area (Å²) in [7, 11) is 1.59. The lowest BCUT2D eigenvalue weighted by Crippen LogP contribution is -2.52. The van der Waals surface area contributed by atoms with E-state index in [1.54, 1.807) is 30.5 Å². The Kier molecular flexibility index (Phi) is 8.97. The van der Waals surface area contributed by atoms with Crippen molar-refractivity contribution >= 4 is 11.9 Å². The van der Waals surface area contributed by atoms with Gasteiger partial charge in [-0.25, -0.2) is 14.2 Å². The third kappa shape index (κ3) is 7.02. The van der Waals surface area contributed by atoms with E-state index in [1.807, 2.05) is 36.7 Å². The Hall–Kier alpha value is -4.09. The topological polar surface area (TPSA) is 93.9 Å². The summed E-state index contributed by atoms with van der Waals surface area (Å²) in [6, 6.07) is 10.0. The Bertz CT molecular complexity index is 1290. The fourth-order valence-corrected chi connectivity index (χ4v) is 3.77. The van der Waals surface area contributed by atoms with Crippen molar-refractivity contribution in [3.63, 3.8) is 0 Å². The minimum absolute atomic E-state index is 0.0288. The van der Waals surface area contributed by atoms with Crippen LogP contribution in [0, 0.1) is 18.7 Å². The highest BCUT2D eigenvalue weighted by Gasteiger charge is 2.38. The first-order chi connectivity index (χ1) is 17.9. The van der Waals surface area contributed by atoms with Gasteiger partial charge < -0.3 is 24.0 Å². The van der Waals surface area contributed by atoms with Gasteiger partial charge in [-0.05, 0) is 55.3 Å². The van der Waals surface area contributed by atoms with Crippen molar-refractivity contribution in [1.82, 2.24) is 14.5 Å². The van der Waals surface area contributed by atoms with Crippen LogP contribution in [0.4, 0.5) is 17.6 Å². The standard InChI is InChI=1S/C24H26FN3O3.C2HF3O2/c1-4-18-9-20(25)6-8-22(18)31-14-17-12-27(13-17)24(29)19-5-7-21(23(10-19)30-3)28-11-16(2)26-15-28;3-2(4,5)1(6)7/h5-11,15,17H,4,12-14H2,1-3H3;(H,6,7). The Labute approximate surface area is 216 Å². The Morgan fingerprint density at radius 1 is 1.13 bits per heavy atom. The van der Waals surface area contributed by atoms with E-state index in [0.717, 1.165) is 16.9 Å². The molecule has 0 radical (unpaired) electrons. The molecule has 12 heteroatoms. The van der Waals surface area contributed by atoms with Gasteiger partial charge in [0.1, 0.15) is 17.3 Å². The first kappa shape index (κ1) is 28.5. The second-order valence-electron chi connectivity index (χ2n) is 8.60. The number of amides is 1. The van der Waals surface area contributed by atoms with Gasteiger partial charge in [0.2, 0.25) is 0 Å². The molecule has 0 aliphatic carbocycles. The lowest BCUT2D eigenvalue weighted by atomic mass is 9.99. The van der Waals surface area contributed by atoms with Crippen LogP contribution in [-0.2, 0) is 11.2 Å². The summed E-state index contributed by atoms with van der Waals surface area (Å²) >= 11 is 0. The molecule has 0 saturated carbocycles. The van der Waals surface area contributed by atoms with Gasteiger partial charge in [-0.3, -0.25) is 4.79 Å². The number of nitrogens with zero attached hydrogens (tertiary/aromatic N) is 3. The van der Waals surface area contributed by atoms with Gasteiger partial charge in [0.25, 0.3) is 5.91 Å². The number of carbonyl (C=O) groups excluding carboxylic acids is 1. The number of imidazole rings is 1. The molecule has 1 aliphatic rings. The van der Waals surface area contributed by atoms with Crippen LogP contribution in [0.15, 0.2) is 48.9 Å². The third-order valence-electron chi connectivity index (χ3n) is 5.78. The lowest BCUT2D eigenvalue weighted by molar-refractivity contribution is -0.192. The van der Waals surface area contributed by atoms with Crippen molar-refractivity contribution in [3.05, 3.63) is 71.6 Å². The molecule has 1 saturated heterocycles. The van der Waals surface area contributed by atoms with E-state index in [0.29, 0.717) is 43.2 Å². The number of carboxylic acids is 1. The van der Waals surface area contributed by atoms with Gasteiger partial charge in [0.15, 0.2) is 0 Å². The predicted molar refractivity (Wildman–Crippen MR) is 129 cm³/mol. The number of hydrogen-bond acceptors (Lipinski definition) is 5. The Morgan fingerprint density at radius 3 is 2.37 bits per heavy atom. The molecule has 2 aromatic carbocycles. The van der Waals surface area contributed by atoms with Crippen LogP contribution in [-0.4, -0.2) is 64.4 Å². The summed E-state index contributed by atoms with van der Waals surface area (Å²) < 4.78 is 58.4. The highest BCUT2D eigenvalue weighted by atomic mass is 19.4. The molecule has 2 heterocycles. The number of methoxy groups -OCH3 is 1. The van der Waals surface area contributed by atoms with Gasteiger partial charge in [0.05, 0.1) is 31.4 Å². The Morgan fingerprint density at radius 2 is 1.82 bits per heavy atom. The van der Waals surface area contributed by atoms with Crippen molar-refractivity contribution in [2.75, 3.05) is 26.8 Å². The smallest absolute Gasteiger partial charge is 0.490 e. The zero-order valence-corrected chi connectivity index (χ0v) is 21.0. The summed E-state index contributed by atoms with van der Waals surface area (Å²) in [5.74, 6) is -1.45. The van der Waals surface area contributed by atoms with E-state index in [1.165, 1.54) is 12.1 Å². The minimum atomic E-state index is -5.08. The lowest BCUT2D eigenvalue weighted by Gasteiger charge is -2.39. The monoisotopic (exact) mass is 537 g/mol. The number of aliphatic carboxylic acids is 1. The maximum Gasteiger partial charge on any atom is 0.490 e. The number of rotatable bonds is 7. The van der Waals surface area contributed by atoms with Crippen molar-refractivity contribution in [2.24, 2.45) is 5.92 Å². The zero-order valence-electron chi connectivity index (χ0n) is 21.0. The van der Waals surface area contributed by atoms with Crippen LogP contribution < -0.4 is 9.47 Å². The minimum Gasteiger partial charge on any atom is -0.495 e. The first-order valence-corrected chi connectivity index (χ1v) is 11.6. The quantitative estimate of drug-likeness (QED) is 0.440. The van der Waals surface area contributed by atoms with E-state index in [2.05, 4.69) is 4.98 Å². The summed E-state index contributed by atoms with van der Waals surface area (Å²) in [6.07, 6.45) is -0.747. The van der Waals surface area contributed by atoms with Gasteiger partial charge in [-0.2, -0.15) is 13.2 Å². The van der Waals surface area contributed by atoms with Crippen molar-refractivity contribution in [2.45, 2.75) is 26.4 Å². The van der Waals surface area contributed by atoms with Gasteiger partial charge in [-0.1, -0.05) is 6.92 Å². The van der Waals surface area contributed by atoms with E-state index in [9.17, 15) is 22.4 Å². The zero-order chi connectivity index (χ0) is 28.0. The molecule has 1 N–H and O–H groups in total. The molecular formula is C26H27F4N3O5. The molecule has 1 amide bonds. The molecule has 0 spiro atoms. The number of carbonyl (C=O) groups is 2. The highest BCUT2D eigenvalue weighted by Crippen LogP contribution is 2.28. The molecule has 4 rings (SSSR count). The predicted octanol–water partition coefficient (Wildman–Crippen LogP) is 4.68. The van der Waals surface area contributed by atoms with Gasteiger partial charge >= 0.3 is 12.1 Å². The average molecular weight is 538 g/mol. The van der Waals surface area contributed by atoms with Crippen LogP contribution in [0.3, 0.4) is 0 Å².